The van der Waals surface area contributed by atoms with Gasteiger partial charge >= 0.3 is 5.97 Å². The van der Waals surface area contributed by atoms with Crippen LogP contribution in [0.3, 0.4) is 0 Å². The lowest BCUT2D eigenvalue weighted by molar-refractivity contribution is 0.0696. The Morgan fingerprint density at radius 3 is 2.92 bits per heavy atom. The SMILES string of the molecule is CC(=NN)c1ncccc1C(=O)O. The second-order valence-electron chi connectivity index (χ2n) is 2.42. The molecule has 0 radical (unpaired) electrons. The van der Waals surface area contributed by atoms with Crippen molar-refractivity contribution in [1.29, 1.82) is 0 Å². The molecule has 5 heteroatoms. The first-order valence-electron chi connectivity index (χ1n) is 3.60. The Bertz CT molecular complexity index is 360. The Morgan fingerprint density at radius 2 is 2.38 bits per heavy atom. The summed E-state index contributed by atoms with van der Waals surface area (Å²) in [4.78, 5) is 14.6. The molecule has 0 aromatic carbocycles. The van der Waals surface area contributed by atoms with E-state index >= 15 is 0 Å². The maximum Gasteiger partial charge on any atom is 0.337 e. The topological polar surface area (TPSA) is 88.6 Å². The summed E-state index contributed by atoms with van der Waals surface area (Å²) >= 11 is 0. The number of nitrogens with two attached hydrogens (primary N) is 1. The largest absolute Gasteiger partial charge is 0.478 e. The van der Waals surface area contributed by atoms with Gasteiger partial charge in [0.1, 0.15) is 5.69 Å². The number of hydrogen-bond donors (Lipinski definition) is 2. The molecule has 0 bridgehead atoms. The first-order valence-corrected chi connectivity index (χ1v) is 3.60. The summed E-state index contributed by atoms with van der Waals surface area (Å²) in [6, 6.07) is 3.01. The first kappa shape index (κ1) is 9.18. The lowest BCUT2D eigenvalue weighted by atomic mass is 10.1. The molecule has 1 aromatic rings. The molecule has 0 aliphatic rings. The molecule has 0 atom stereocenters. The summed E-state index contributed by atoms with van der Waals surface area (Å²) < 4.78 is 0. The predicted octanol–water partition coefficient (Wildman–Crippen LogP) is 0.462. The number of aromatic carboxylic acids is 1. The van der Waals surface area contributed by atoms with Crippen molar-refractivity contribution in [3.63, 3.8) is 0 Å². The average molecular weight is 179 g/mol. The monoisotopic (exact) mass is 179 g/mol. The Labute approximate surface area is 74.9 Å². The second kappa shape index (κ2) is 3.66. The molecule has 5 nitrogen and oxygen atoms in total. The Kier molecular flexibility index (Phi) is 2.59. The number of nitrogens with zero attached hydrogens (tertiary/aromatic N) is 2. The molecule has 0 fully saturated rings. The highest BCUT2D eigenvalue weighted by molar-refractivity contribution is 6.05. The summed E-state index contributed by atoms with van der Waals surface area (Å²) in [6.45, 7) is 1.61. The van der Waals surface area contributed by atoms with Gasteiger partial charge in [0, 0.05) is 6.20 Å². The third-order valence-electron chi connectivity index (χ3n) is 1.57. The van der Waals surface area contributed by atoms with Gasteiger partial charge in [-0.25, -0.2) is 4.79 Å². The van der Waals surface area contributed by atoms with Crippen molar-refractivity contribution in [2.75, 3.05) is 0 Å². The third-order valence-corrected chi connectivity index (χ3v) is 1.57. The van der Waals surface area contributed by atoms with Crippen molar-refractivity contribution in [3.8, 4) is 0 Å². The van der Waals surface area contributed by atoms with E-state index in [2.05, 4.69) is 10.1 Å². The Morgan fingerprint density at radius 1 is 1.69 bits per heavy atom. The fourth-order valence-corrected chi connectivity index (χ4v) is 0.927. The average Bonchev–Trinajstić information content (AvgIpc) is 2.16. The molecule has 0 aliphatic carbocycles. The minimum Gasteiger partial charge on any atom is -0.478 e. The van der Waals surface area contributed by atoms with E-state index in [-0.39, 0.29) is 5.56 Å². The molecule has 13 heavy (non-hydrogen) atoms. The minimum absolute atomic E-state index is 0.106. The molecule has 1 heterocycles. The van der Waals surface area contributed by atoms with E-state index in [1.807, 2.05) is 0 Å². The van der Waals surface area contributed by atoms with Crippen LogP contribution in [0.15, 0.2) is 23.4 Å². The van der Waals surface area contributed by atoms with Crippen molar-refractivity contribution in [2.45, 2.75) is 6.92 Å². The van der Waals surface area contributed by atoms with Crippen LogP contribution >= 0.6 is 0 Å². The highest BCUT2D eigenvalue weighted by atomic mass is 16.4. The fourth-order valence-electron chi connectivity index (χ4n) is 0.927. The van der Waals surface area contributed by atoms with Gasteiger partial charge in [-0.15, -0.1) is 0 Å². The second-order valence-corrected chi connectivity index (χ2v) is 2.42. The van der Waals surface area contributed by atoms with Gasteiger partial charge in [-0.3, -0.25) is 4.98 Å². The van der Waals surface area contributed by atoms with Crippen LogP contribution in [0.25, 0.3) is 0 Å². The first-order chi connectivity index (χ1) is 6.16. The van der Waals surface area contributed by atoms with Crippen LogP contribution < -0.4 is 5.84 Å². The van der Waals surface area contributed by atoms with Gasteiger partial charge in [0.2, 0.25) is 0 Å². The normalized spacial score (nSPS) is 11.3. The maximum atomic E-state index is 10.7. The van der Waals surface area contributed by atoms with E-state index in [1.54, 1.807) is 13.0 Å². The molecule has 1 rings (SSSR count). The summed E-state index contributed by atoms with van der Waals surface area (Å²) in [6.07, 6.45) is 1.50. The summed E-state index contributed by atoms with van der Waals surface area (Å²) in [5.74, 6) is 3.99. The quantitative estimate of drug-likeness (QED) is 0.392. The van der Waals surface area contributed by atoms with Gasteiger partial charge in [-0.1, -0.05) is 0 Å². The van der Waals surface area contributed by atoms with Crippen molar-refractivity contribution in [2.24, 2.45) is 10.9 Å². The van der Waals surface area contributed by atoms with Crippen LogP contribution in [0.1, 0.15) is 23.0 Å². The molecule has 0 spiro atoms. The number of hydrogen-bond acceptors (Lipinski definition) is 4. The van der Waals surface area contributed by atoms with Crippen molar-refractivity contribution in [1.82, 2.24) is 4.98 Å². The molecule has 0 saturated carbocycles. The molecule has 68 valence electrons. The van der Waals surface area contributed by atoms with E-state index in [1.165, 1.54) is 12.3 Å². The molecule has 0 saturated heterocycles. The Hall–Kier alpha value is -1.91. The van der Waals surface area contributed by atoms with E-state index in [0.717, 1.165) is 0 Å². The molecular formula is C8H9N3O2. The number of carboxylic acids is 1. The van der Waals surface area contributed by atoms with Crippen molar-refractivity contribution < 1.29 is 9.90 Å². The zero-order valence-corrected chi connectivity index (χ0v) is 7.06. The van der Waals surface area contributed by atoms with Crippen molar-refractivity contribution >= 4 is 11.7 Å². The molecule has 1 aromatic heterocycles. The number of rotatable bonds is 2. The standard InChI is InChI=1S/C8H9N3O2/c1-5(11-9)7-6(8(12)13)3-2-4-10-7/h2-4H,9H2,1H3,(H,12,13). The lowest BCUT2D eigenvalue weighted by Gasteiger charge is -2.01. The third kappa shape index (κ3) is 1.81. The number of aromatic nitrogens is 1. The van der Waals surface area contributed by atoms with Gasteiger partial charge in [-0.05, 0) is 19.1 Å². The molecular weight excluding hydrogens is 170 g/mol. The molecule has 0 aliphatic heterocycles. The fraction of sp³-hybridized carbons (Fsp3) is 0.125. The van der Waals surface area contributed by atoms with Crippen LogP contribution in [-0.4, -0.2) is 21.8 Å². The highest BCUT2D eigenvalue weighted by Gasteiger charge is 2.12. The van der Waals surface area contributed by atoms with Crippen LogP contribution in [0.4, 0.5) is 0 Å². The Balaban J connectivity index is 3.28. The predicted molar refractivity (Wildman–Crippen MR) is 47.6 cm³/mol. The summed E-state index contributed by atoms with van der Waals surface area (Å²) in [5, 5.41) is 12.2. The number of carbonyl (C=O) groups is 1. The minimum atomic E-state index is -1.04. The number of hydrazone groups is 1. The molecule has 3 N–H and O–H groups in total. The van der Waals surface area contributed by atoms with Gasteiger partial charge in [0.25, 0.3) is 0 Å². The van der Waals surface area contributed by atoms with Gasteiger partial charge in [0.15, 0.2) is 0 Å². The van der Waals surface area contributed by atoms with Crippen molar-refractivity contribution in [3.05, 3.63) is 29.6 Å². The van der Waals surface area contributed by atoms with Gasteiger partial charge in [-0.2, -0.15) is 5.10 Å². The number of carboxylic acid groups (broad SMARTS) is 1. The van der Waals surface area contributed by atoms with Crippen LogP contribution in [0, 0.1) is 0 Å². The molecule has 0 amide bonds. The molecule has 0 unspecified atom stereocenters. The van der Waals surface area contributed by atoms with Crippen LogP contribution in [0.5, 0.6) is 0 Å². The lowest BCUT2D eigenvalue weighted by Crippen LogP contribution is -2.10. The summed E-state index contributed by atoms with van der Waals surface area (Å²) in [5.41, 5.74) is 0.810. The summed E-state index contributed by atoms with van der Waals surface area (Å²) in [7, 11) is 0. The van der Waals surface area contributed by atoms with E-state index < -0.39 is 5.97 Å². The van der Waals surface area contributed by atoms with Crippen LogP contribution in [-0.2, 0) is 0 Å². The maximum absolute atomic E-state index is 10.7. The van der Waals surface area contributed by atoms with E-state index in [4.69, 9.17) is 10.9 Å². The zero-order valence-electron chi connectivity index (χ0n) is 7.06. The van der Waals surface area contributed by atoms with Gasteiger partial charge < -0.3 is 10.9 Å². The smallest absolute Gasteiger partial charge is 0.337 e. The number of pyridine rings is 1. The van der Waals surface area contributed by atoms with E-state index in [9.17, 15) is 4.79 Å². The van der Waals surface area contributed by atoms with E-state index in [0.29, 0.717) is 11.4 Å². The highest BCUT2D eigenvalue weighted by Crippen LogP contribution is 2.05. The van der Waals surface area contributed by atoms with Gasteiger partial charge in [0.05, 0.1) is 11.3 Å². The zero-order chi connectivity index (χ0) is 9.84. The van der Waals surface area contributed by atoms with Crippen LogP contribution in [0.2, 0.25) is 0 Å².